The van der Waals surface area contributed by atoms with Gasteiger partial charge >= 0.3 is 6.03 Å². The molecule has 2 aliphatic heterocycles. The van der Waals surface area contributed by atoms with Gasteiger partial charge in [0.15, 0.2) is 0 Å². The van der Waals surface area contributed by atoms with E-state index in [9.17, 15) is 19.8 Å². The molecule has 2 unspecified atom stereocenters. The molecule has 2 aromatic rings. The van der Waals surface area contributed by atoms with Gasteiger partial charge in [0, 0.05) is 19.2 Å². The maximum Gasteiger partial charge on any atom is 0.329 e. The van der Waals surface area contributed by atoms with Crippen LogP contribution in [-0.4, -0.2) is 70.8 Å². The Bertz CT molecular complexity index is 952. The molecule has 0 saturated carbocycles. The van der Waals surface area contributed by atoms with Crippen molar-refractivity contribution in [2.24, 2.45) is 0 Å². The number of hydrogen-bond donors (Lipinski definition) is 2. The summed E-state index contributed by atoms with van der Waals surface area (Å²) in [5, 5.41) is 20.3. The number of fused-ring (bicyclic) bond motifs is 2. The van der Waals surface area contributed by atoms with Gasteiger partial charge < -0.3 is 24.7 Å². The first-order chi connectivity index (χ1) is 15.1. The van der Waals surface area contributed by atoms with E-state index in [1.165, 1.54) is 18.1 Å². The summed E-state index contributed by atoms with van der Waals surface area (Å²) in [6.45, 7) is 0.283. The van der Waals surface area contributed by atoms with Crippen LogP contribution in [0.1, 0.15) is 19.3 Å². The molecule has 2 heterocycles. The summed E-state index contributed by atoms with van der Waals surface area (Å²) in [6.07, 6.45) is 2.84. The highest BCUT2D eigenvalue weighted by molar-refractivity contribution is 6.02. The van der Waals surface area contributed by atoms with E-state index >= 15 is 0 Å². The van der Waals surface area contributed by atoms with E-state index in [0.717, 1.165) is 19.3 Å². The van der Waals surface area contributed by atoms with Crippen LogP contribution in [0.25, 0.3) is 0 Å². The molecule has 31 heavy (non-hydrogen) atoms. The number of amides is 3. The summed E-state index contributed by atoms with van der Waals surface area (Å²) in [5.41, 5.74) is 0.842. The van der Waals surface area contributed by atoms with Gasteiger partial charge in [-0.3, -0.25) is 9.69 Å². The Morgan fingerprint density at radius 3 is 2.55 bits per heavy atom. The number of para-hydroxylation sites is 4. The molecule has 0 aromatic heterocycles. The first-order valence-corrected chi connectivity index (χ1v) is 10.5. The van der Waals surface area contributed by atoms with Crippen LogP contribution >= 0.6 is 0 Å². The van der Waals surface area contributed by atoms with Gasteiger partial charge in [-0.15, -0.1) is 0 Å². The van der Waals surface area contributed by atoms with Crippen molar-refractivity contribution >= 4 is 23.8 Å². The number of likely N-dealkylation sites (tertiary alicyclic amines) is 1. The molecule has 3 atom stereocenters. The van der Waals surface area contributed by atoms with E-state index in [-0.39, 0.29) is 36.5 Å². The average Bonchev–Trinajstić information content (AvgIpc) is 3.11. The zero-order valence-electron chi connectivity index (χ0n) is 17.4. The number of piperazine rings is 1. The Kier molecular flexibility index (Phi) is 5.99. The van der Waals surface area contributed by atoms with E-state index in [4.69, 9.17) is 4.74 Å². The SMILES string of the molecule is COc1ccccc1N(C(=O)N1CC2CCC([C@H]1CCO)N2C=O)c1ccccc1O. The topological polar surface area (TPSA) is 93.6 Å². The number of carbonyl (C=O) groups excluding carboxylic acids is 2. The number of aliphatic hydroxyl groups is 1. The number of anilines is 2. The van der Waals surface area contributed by atoms with Crippen LogP contribution in [0.2, 0.25) is 0 Å². The molecule has 0 spiro atoms. The Labute approximate surface area is 181 Å². The maximum absolute atomic E-state index is 14.0. The number of phenols is 1. The van der Waals surface area contributed by atoms with Crippen LogP contribution in [0.4, 0.5) is 16.2 Å². The lowest BCUT2D eigenvalue weighted by atomic mass is 10.0. The zero-order valence-corrected chi connectivity index (χ0v) is 17.4. The highest BCUT2D eigenvalue weighted by atomic mass is 16.5. The third-order valence-corrected chi connectivity index (χ3v) is 6.28. The third kappa shape index (κ3) is 3.67. The Morgan fingerprint density at radius 2 is 1.87 bits per heavy atom. The standard InChI is InChI=1S/C23H27N3O5/c1-31-22-9-5-3-7-20(22)26(19-6-2-4-8-21(19)29)23(30)24-14-16-10-11-17(25(16)15-28)18(24)12-13-27/h2-9,15-18,27,29H,10-14H2,1H3/t16?,17?,18-/m1/s1. The lowest BCUT2D eigenvalue weighted by Crippen LogP contribution is -2.62. The largest absolute Gasteiger partial charge is 0.506 e. The van der Waals surface area contributed by atoms with E-state index in [1.54, 1.807) is 46.2 Å². The molecule has 8 heteroatoms. The van der Waals surface area contributed by atoms with Crippen molar-refractivity contribution in [3.63, 3.8) is 0 Å². The number of aliphatic hydroxyl groups excluding tert-OH is 1. The molecular formula is C23H27N3O5. The molecule has 2 aromatic carbocycles. The van der Waals surface area contributed by atoms with Crippen LogP contribution < -0.4 is 9.64 Å². The second-order valence-electron chi connectivity index (χ2n) is 7.86. The molecule has 3 amide bonds. The van der Waals surface area contributed by atoms with Crippen molar-refractivity contribution in [1.29, 1.82) is 0 Å². The van der Waals surface area contributed by atoms with Gasteiger partial charge in [0.05, 0.1) is 30.6 Å². The van der Waals surface area contributed by atoms with Crippen LogP contribution in [0, 0.1) is 0 Å². The van der Waals surface area contributed by atoms with Crippen molar-refractivity contribution < 1.29 is 24.5 Å². The lowest BCUT2D eigenvalue weighted by Gasteiger charge is -2.46. The monoisotopic (exact) mass is 425 g/mol. The van der Waals surface area contributed by atoms with Gasteiger partial charge in [-0.25, -0.2) is 4.79 Å². The molecule has 2 N–H and O–H groups in total. The molecule has 2 fully saturated rings. The lowest BCUT2D eigenvalue weighted by molar-refractivity contribution is -0.124. The molecule has 164 valence electrons. The number of benzene rings is 2. The normalized spacial score (nSPS) is 22.3. The Morgan fingerprint density at radius 1 is 1.16 bits per heavy atom. The fourth-order valence-corrected chi connectivity index (χ4v) is 4.88. The maximum atomic E-state index is 14.0. The van der Waals surface area contributed by atoms with E-state index in [2.05, 4.69) is 0 Å². The van der Waals surface area contributed by atoms with Crippen molar-refractivity contribution in [3.8, 4) is 11.5 Å². The van der Waals surface area contributed by atoms with Crippen LogP contribution in [0.5, 0.6) is 11.5 Å². The zero-order chi connectivity index (χ0) is 22.0. The quantitative estimate of drug-likeness (QED) is 0.694. The predicted octanol–water partition coefficient (Wildman–Crippen LogP) is 2.71. The second-order valence-corrected chi connectivity index (χ2v) is 7.86. The number of ether oxygens (including phenoxy) is 1. The van der Waals surface area contributed by atoms with Gasteiger partial charge in [-0.2, -0.15) is 0 Å². The average molecular weight is 425 g/mol. The van der Waals surface area contributed by atoms with Gasteiger partial charge in [0.2, 0.25) is 6.41 Å². The number of methoxy groups -OCH3 is 1. The smallest absolute Gasteiger partial charge is 0.329 e. The summed E-state index contributed by atoms with van der Waals surface area (Å²) in [6, 6.07) is 13.0. The molecule has 0 aliphatic carbocycles. The predicted molar refractivity (Wildman–Crippen MR) is 116 cm³/mol. The number of urea groups is 1. The van der Waals surface area contributed by atoms with E-state index < -0.39 is 0 Å². The van der Waals surface area contributed by atoms with Crippen LogP contribution in [-0.2, 0) is 4.79 Å². The minimum absolute atomic E-state index is 0.0324. The van der Waals surface area contributed by atoms with E-state index in [0.29, 0.717) is 30.1 Å². The van der Waals surface area contributed by atoms with Gasteiger partial charge in [-0.05, 0) is 43.5 Å². The number of rotatable bonds is 6. The number of hydrogen-bond acceptors (Lipinski definition) is 5. The molecule has 0 radical (unpaired) electrons. The van der Waals surface area contributed by atoms with Gasteiger partial charge in [0.1, 0.15) is 11.5 Å². The fourth-order valence-electron chi connectivity index (χ4n) is 4.88. The summed E-state index contributed by atoms with van der Waals surface area (Å²) in [5.74, 6) is 0.460. The fraction of sp³-hybridized carbons (Fsp3) is 0.391. The molecule has 8 nitrogen and oxygen atoms in total. The number of nitrogens with zero attached hydrogens (tertiary/aromatic N) is 3. The minimum Gasteiger partial charge on any atom is -0.506 e. The van der Waals surface area contributed by atoms with E-state index in [1.807, 2.05) is 6.07 Å². The number of carbonyl (C=O) groups is 2. The second kappa shape index (κ2) is 8.85. The summed E-state index contributed by atoms with van der Waals surface area (Å²) < 4.78 is 5.50. The Hall–Kier alpha value is -3.26. The van der Waals surface area contributed by atoms with Crippen molar-refractivity contribution in [2.75, 3.05) is 25.2 Å². The van der Waals surface area contributed by atoms with Crippen molar-refractivity contribution in [3.05, 3.63) is 48.5 Å². The highest BCUT2D eigenvalue weighted by Gasteiger charge is 2.48. The number of phenolic OH excluding ortho intramolecular Hbond substituents is 1. The van der Waals surface area contributed by atoms with Crippen molar-refractivity contribution in [2.45, 2.75) is 37.4 Å². The minimum atomic E-state index is -0.327. The van der Waals surface area contributed by atoms with Crippen molar-refractivity contribution in [1.82, 2.24) is 9.80 Å². The third-order valence-electron chi connectivity index (χ3n) is 6.28. The van der Waals surface area contributed by atoms with Crippen LogP contribution in [0.15, 0.2) is 48.5 Å². The summed E-state index contributed by atoms with van der Waals surface area (Å²) in [4.78, 5) is 30.6. The molecular weight excluding hydrogens is 398 g/mol. The summed E-state index contributed by atoms with van der Waals surface area (Å²) >= 11 is 0. The first kappa shape index (κ1) is 21.0. The van der Waals surface area contributed by atoms with Gasteiger partial charge in [0.25, 0.3) is 0 Å². The van der Waals surface area contributed by atoms with Gasteiger partial charge in [-0.1, -0.05) is 24.3 Å². The number of aromatic hydroxyl groups is 1. The molecule has 2 aliphatic rings. The molecule has 2 saturated heterocycles. The molecule has 2 bridgehead atoms. The van der Waals surface area contributed by atoms with Crippen LogP contribution in [0.3, 0.4) is 0 Å². The molecule has 4 rings (SSSR count). The summed E-state index contributed by atoms with van der Waals surface area (Å²) in [7, 11) is 1.53. The first-order valence-electron chi connectivity index (χ1n) is 10.5. The highest BCUT2D eigenvalue weighted by Crippen LogP contribution is 2.41. The Balaban J connectivity index is 1.79.